The van der Waals surface area contributed by atoms with Crippen LogP contribution in [-0.2, 0) is 0 Å². The number of amides is 1. The van der Waals surface area contributed by atoms with Crippen molar-refractivity contribution in [1.29, 1.82) is 0 Å². The van der Waals surface area contributed by atoms with E-state index in [1.807, 2.05) is 23.1 Å². The van der Waals surface area contributed by atoms with Crippen molar-refractivity contribution in [3.63, 3.8) is 0 Å². The zero-order valence-corrected chi connectivity index (χ0v) is 13.6. The van der Waals surface area contributed by atoms with Gasteiger partial charge in [0.1, 0.15) is 0 Å². The second-order valence-corrected chi connectivity index (χ2v) is 7.65. The van der Waals surface area contributed by atoms with E-state index in [2.05, 4.69) is 17.4 Å². The fourth-order valence-corrected chi connectivity index (χ4v) is 4.22. The number of carbonyl (C=O) groups excluding carboxylic acids is 1. The van der Waals surface area contributed by atoms with Crippen LogP contribution in [0.4, 0.5) is 0 Å². The minimum absolute atomic E-state index is 0.210. The molecule has 1 aliphatic heterocycles. The van der Waals surface area contributed by atoms with Crippen LogP contribution in [0.15, 0.2) is 30.3 Å². The molecule has 2 fully saturated rings. The number of likely N-dealkylation sites (tertiary alicyclic amines) is 1. The topological polar surface area (TPSA) is 32.3 Å². The van der Waals surface area contributed by atoms with E-state index < -0.39 is 0 Å². The molecule has 4 heteroatoms. The monoisotopic (exact) mass is 314 g/mol. The fraction of sp³-hybridized carbons (Fsp3) is 0.500. The Bertz CT molecular complexity index is 636. The lowest BCUT2D eigenvalue weighted by Crippen LogP contribution is -2.45. The van der Waals surface area contributed by atoms with Crippen molar-refractivity contribution < 1.29 is 4.79 Å². The molecule has 22 heavy (non-hydrogen) atoms. The molecule has 1 aliphatic carbocycles. The van der Waals surface area contributed by atoms with Crippen LogP contribution in [0.1, 0.15) is 35.4 Å². The van der Waals surface area contributed by atoms with Crippen LogP contribution in [0.5, 0.6) is 0 Å². The number of hydrogen-bond acceptors (Lipinski definition) is 3. The van der Waals surface area contributed by atoms with Crippen molar-refractivity contribution in [2.75, 3.05) is 19.6 Å². The van der Waals surface area contributed by atoms with Gasteiger partial charge in [0.2, 0.25) is 0 Å². The summed E-state index contributed by atoms with van der Waals surface area (Å²) in [4.78, 5) is 15.6. The van der Waals surface area contributed by atoms with E-state index in [0.717, 1.165) is 36.7 Å². The lowest BCUT2D eigenvalue weighted by atomic mass is 10.0. The Hall–Kier alpha value is -1.39. The predicted molar refractivity (Wildman–Crippen MR) is 91.5 cm³/mol. The van der Waals surface area contributed by atoms with Gasteiger partial charge in [-0.3, -0.25) is 4.79 Å². The molecule has 3 nitrogen and oxygen atoms in total. The highest BCUT2D eigenvalue weighted by Crippen LogP contribution is 2.29. The summed E-state index contributed by atoms with van der Waals surface area (Å²) in [7, 11) is 0. The second-order valence-electron chi connectivity index (χ2n) is 6.57. The molecule has 2 aliphatic rings. The molecule has 0 atom stereocenters. The molecule has 1 N–H and O–H groups in total. The Kier molecular flexibility index (Phi) is 3.89. The van der Waals surface area contributed by atoms with Gasteiger partial charge in [-0.05, 0) is 55.7 Å². The van der Waals surface area contributed by atoms with Crippen LogP contribution < -0.4 is 5.32 Å². The molecular weight excluding hydrogens is 292 g/mol. The molecule has 2 aromatic rings. The standard InChI is InChI=1S/C18H22N2OS/c21-18(17-11-14-3-1-2-4-16(14)22-17)20-9-7-15(8-10-20)19-12-13-5-6-13/h1-4,11,13,15,19H,5-10,12H2. The van der Waals surface area contributed by atoms with Crippen LogP contribution in [0.3, 0.4) is 0 Å². The molecule has 1 saturated heterocycles. The highest BCUT2D eigenvalue weighted by atomic mass is 32.1. The fourth-order valence-electron chi connectivity index (χ4n) is 3.19. The number of rotatable bonds is 4. The maximum absolute atomic E-state index is 12.7. The molecule has 1 aromatic carbocycles. The van der Waals surface area contributed by atoms with E-state index in [9.17, 15) is 4.79 Å². The summed E-state index contributed by atoms with van der Waals surface area (Å²) in [6, 6.07) is 10.9. The van der Waals surface area contributed by atoms with E-state index in [-0.39, 0.29) is 5.91 Å². The zero-order valence-electron chi connectivity index (χ0n) is 12.8. The Morgan fingerprint density at radius 3 is 2.68 bits per heavy atom. The molecule has 0 radical (unpaired) electrons. The number of hydrogen-bond donors (Lipinski definition) is 1. The predicted octanol–water partition coefficient (Wildman–Crippen LogP) is 3.51. The Morgan fingerprint density at radius 1 is 1.18 bits per heavy atom. The SMILES string of the molecule is O=C(c1cc2ccccc2s1)N1CCC(NCC2CC2)CC1. The first kappa shape index (κ1) is 14.2. The summed E-state index contributed by atoms with van der Waals surface area (Å²) in [5.41, 5.74) is 0. The van der Waals surface area contributed by atoms with Gasteiger partial charge in [0, 0.05) is 23.8 Å². The smallest absolute Gasteiger partial charge is 0.263 e. The molecule has 0 unspecified atom stereocenters. The third-order valence-electron chi connectivity index (χ3n) is 4.81. The van der Waals surface area contributed by atoms with Gasteiger partial charge < -0.3 is 10.2 Å². The van der Waals surface area contributed by atoms with Crippen molar-refractivity contribution in [2.45, 2.75) is 31.7 Å². The average molecular weight is 314 g/mol. The minimum Gasteiger partial charge on any atom is -0.338 e. The summed E-state index contributed by atoms with van der Waals surface area (Å²) in [6.45, 7) is 2.94. The number of piperidine rings is 1. The molecule has 0 spiro atoms. The summed E-state index contributed by atoms with van der Waals surface area (Å²) in [6.07, 6.45) is 4.97. The summed E-state index contributed by atoms with van der Waals surface area (Å²) in [5.74, 6) is 1.14. The molecule has 116 valence electrons. The van der Waals surface area contributed by atoms with Gasteiger partial charge in [-0.15, -0.1) is 11.3 Å². The van der Waals surface area contributed by atoms with Crippen molar-refractivity contribution >= 4 is 27.3 Å². The molecule has 1 aromatic heterocycles. The van der Waals surface area contributed by atoms with E-state index in [1.54, 1.807) is 11.3 Å². The quantitative estimate of drug-likeness (QED) is 0.936. The van der Waals surface area contributed by atoms with E-state index in [4.69, 9.17) is 0 Å². The molecule has 1 amide bonds. The maximum Gasteiger partial charge on any atom is 0.263 e. The molecule has 2 heterocycles. The van der Waals surface area contributed by atoms with Gasteiger partial charge in [0.05, 0.1) is 4.88 Å². The van der Waals surface area contributed by atoms with Gasteiger partial charge >= 0.3 is 0 Å². The van der Waals surface area contributed by atoms with Gasteiger partial charge in [0.15, 0.2) is 0 Å². The van der Waals surface area contributed by atoms with Gasteiger partial charge in [-0.1, -0.05) is 18.2 Å². The largest absolute Gasteiger partial charge is 0.338 e. The summed E-state index contributed by atoms with van der Waals surface area (Å²) in [5, 5.41) is 4.85. The van der Waals surface area contributed by atoms with Crippen molar-refractivity contribution in [3.05, 3.63) is 35.2 Å². The minimum atomic E-state index is 0.210. The maximum atomic E-state index is 12.7. The first-order valence-electron chi connectivity index (χ1n) is 8.31. The lowest BCUT2D eigenvalue weighted by Gasteiger charge is -2.32. The van der Waals surface area contributed by atoms with E-state index in [0.29, 0.717) is 6.04 Å². The first-order chi connectivity index (χ1) is 10.8. The molecule has 1 saturated carbocycles. The number of carbonyl (C=O) groups is 1. The normalized spacial score (nSPS) is 19.7. The first-order valence-corrected chi connectivity index (χ1v) is 9.12. The van der Waals surface area contributed by atoms with Crippen LogP contribution in [0.2, 0.25) is 0 Å². The number of fused-ring (bicyclic) bond motifs is 1. The van der Waals surface area contributed by atoms with Crippen LogP contribution in [0, 0.1) is 5.92 Å². The Labute approximate surface area is 135 Å². The summed E-state index contributed by atoms with van der Waals surface area (Å²) >= 11 is 1.62. The Morgan fingerprint density at radius 2 is 1.95 bits per heavy atom. The van der Waals surface area contributed by atoms with Crippen LogP contribution in [0.25, 0.3) is 10.1 Å². The lowest BCUT2D eigenvalue weighted by molar-refractivity contribution is 0.0710. The van der Waals surface area contributed by atoms with Gasteiger partial charge in [0.25, 0.3) is 5.91 Å². The average Bonchev–Trinajstić information content (AvgIpc) is 3.29. The number of nitrogens with zero attached hydrogens (tertiary/aromatic N) is 1. The highest BCUT2D eigenvalue weighted by Gasteiger charge is 2.26. The number of nitrogens with one attached hydrogen (secondary N) is 1. The third kappa shape index (κ3) is 3.03. The Balaban J connectivity index is 1.36. The molecule has 0 bridgehead atoms. The van der Waals surface area contributed by atoms with Crippen molar-refractivity contribution in [3.8, 4) is 0 Å². The number of thiophene rings is 1. The van der Waals surface area contributed by atoms with E-state index in [1.165, 1.54) is 29.5 Å². The number of benzene rings is 1. The molecular formula is C18H22N2OS. The molecule has 4 rings (SSSR count). The van der Waals surface area contributed by atoms with Crippen molar-refractivity contribution in [2.24, 2.45) is 5.92 Å². The van der Waals surface area contributed by atoms with Crippen molar-refractivity contribution in [1.82, 2.24) is 10.2 Å². The summed E-state index contributed by atoms with van der Waals surface area (Å²) < 4.78 is 1.20. The zero-order chi connectivity index (χ0) is 14.9. The highest BCUT2D eigenvalue weighted by molar-refractivity contribution is 7.20. The van der Waals surface area contributed by atoms with E-state index >= 15 is 0 Å². The second kappa shape index (κ2) is 6.01. The van der Waals surface area contributed by atoms with Gasteiger partial charge in [-0.2, -0.15) is 0 Å². The van der Waals surface area contributed by atoms with Crippen LogP contribution >= 0.6 is 11.3 Å². The van der Waals surface area contributed by atoms with Gasteiger partial charge in [-0.25, -0.2) is 0 Å². The third-order valence-corrected chi connectivity index (χ3v) is 5.91. The van der Waals surface area contributed by atoms with Crippen LogP contribution in [-0.4, -0.2) is 36.5 Å².